The van der Waals surface area contributed by atoms with E-state index in [0.717, 1.165) is 12.0 Å². The lowest BCUT2D eigenvalue weighted by atomic mass is 10.1. The highest BCUT2D eigenvalue weighted by Gasteiger charge is 2.35. The molecule has 0 spiro atoms. The van der Waals surface area contributed by atoms with E-state index < -0.39 is 5.97 Å². The Morgan fingerprint density at radius 2 is 1.81 bits per heavy atom. The summed E-state index contributed by atoms with van der Waals surface area (Å²) < 4.78 is 0. The number of unbranched alkanes of at least 4 members (excludes halogenated alkanes) is 1. The first-order chi connectivity index (χ1) is 13.0. The van der Waals surface area contributed by atoms with Crippen LogP contribution in [0.25, 0.3) is 0 Å². The summed E-state index contributed by atoms with van der Waals surface area (Å²) in [5.41, 5.74) is 2.20. The van der Waals surface area contributed by atoms with Crippen molar-refractivity contribution in [1.82, 2.24) is 0 Å². The van der Waals surface area contributed by atoms with Crippen molar-refractivity contribution >= 4 is 46.5 Å². The molecule has 7 heteroatoms. The minimum Gasteiger partial charge on any atom is -0.317 e. The molecule has 0 saturated carbocycles. The van der Waals surface area contributed by atoms with Crippen LogP contribution in [0.5, 0.6) is 0 Å². The molecule has 0 atom stereocenters. The first kappa shape index (κ1) is 19.4. The molecule has 0 saturated heterocycles. The molecule has 27 heavy (non-hydrogen) atoms. The number of nitrogens with zero attached hydrogens (tertiary/aromatic N) is 2. The van der Waals surface area contributed by atoms with E-state index in [-0.39, 0.29) is 18.0 Å². The fourth-order valence-corrected chi connectivity index (χ4v) is 3.06. The van der Waals surface area contributed by atoms with Crippen molar-refractivity contribution in [1.29, 1.82) is 0 Å². The summed E-state index contributed by atoms with van der Waals surface area (Å²) in [4.78, 5) is 31.2. The SMILES string of the molecule is CCCCC(=O)O/N=C1/C(=O)N(Cc2ccc(Cl)cc2)c2ccc(Cl)cc21. The van der Waals surface area contributed by atoms with Crippen LogP contribution in [0.3, 0.4) is 0 Å². The first-order valence-corrected chi connectivity index (χ1v) is 9.39. The van der Waals surface area contributed by atoms with Crippen LogP contribution in [-0.2, 0) is 21.0 Å². The summed E-state index contributed by atoms with van der Waals surface area (Å²) in [6.45, 7) is 2.32. The molecule has 1 aliphatic heterocycles. The van der Waals surface area contributed by atoms with E-state index in [1.165, 1.54) is 0 Å². The van der Waals surface area contributed by atoms with Gasteiger partial charge in [0, 0.05) is 22.0 Å². The largest absolute Gasteiger partial charge is 0.335 e. The summed E-state index contributed by atoms with van der Waals surface area (Å²) in [7, 11) is 0. The Morgan fingerprint density at radius 3 is 2.52 bits per heavy atom. The van der Waals surface area contributed by atoms with Crippen molar-refractivity contribution in [2.24, 2.45) is 5.16 Å². The van der Waals surface area contributed by atoms with Crippen LogP contribution in [0.2, 0.25) is 10.0 Å². The third-order valence-electron chi connectivity index (χ3n) is 4.18. The summed E-state index contributed by atoms with van der Waals surface area (Å²) >= 11 is 12.0. The smallest absolute Gasteiger partial charge is 0.317 e. The van der Waals surface area contributed by atoms with Gasteiger partial charge in [-0.05, 0) is 42.3 Å². The van der Waals surface area contributed by atoms with Gasteiger partial charge in [0.15, 0.2) is 5.71 Å². The van der Waals surface area contributed by atoms with E-state index in [9.17, 15) is 9.59 Å². The molecule has 0 N–H and O–H groups in total. The van der Waals surface area contributed by atoms with E-state index in [2.05, 4.69) is 5.16 Å². The monoisotopic (exact) mass is 404 g/mol. The zero-order valence-corrected chi connectivity index (χ0v) is 16.3. The van der Waals surface area contributed by atoms with Crippen molar-refractivity contribution < 1.29 is 14.4 Å². The summed E-state index contributed by atoms with van der Waals surface area (Å²) in [5, 5.41) is 4.94. The van der Waals surface area contributed by atoms with E-state index in [0.29, 0.717) is 34.3 Å². The predicted molar refractivity (Wildman–Crippen MR) is 106 cm³/mol. The van der Waals surface area contributed by atoms with Gasteiger partial charge in [-0.1, -0.05) is 53.8 Å². The van der Waals surface area contributed by atoms with E-state index in [1.54, 1.807) is 35.2 Å². The lowest BCUT2D eigenvalue weighted by molar-refractivity contribution is -0.143. The number of fused-ring (bicyclic) bond motifs is 1. The van der Waals surface area contributed by atoms with Crippen molar-refractivity contribution in [2.75, 3.05) is 4.90 Å². The summed E-state index contributed by atoms with van der Waals surface area (Å²) in [6, 6.07) is 12.4. The Hall–Kier alpha value is -2.37. The standard InChI is InChI=1S/C20H18Cl2N2O3/c1-2-3-4-18(25)27-23-19-16-11-15(22)9-10-17(16)24(20(19)26)12-13-5-7-14(21)8-6-13/h5-11H,2-4,12H2,1H3/b23-19+. The number of oxime groups is 1. The van der Waals surface area contributed by atoms with Gasteiger partial charge >= 0.3 is 5.97 Å². The molecule has 0 fully saturated rings. The molecule has 2 aromatic carbocycles. The molecule has 0 aromatic heterocycles. The Morgan fingerprint density at radius 1 is 1.11 bits per heavy atom. The highest BCUT2D eigenvalue weighted by molar-refractivity contribution is 6.54. The number of carbonyl (C=O) groups is 2. The third-order valence-corrected chi connectivity index (χ3v) is 4.67. The number of hydrogen-bond donors (Lipinski definition) is 0. The molecule has 5 nitrogen and oxygen atoms in total. The normalized spacial score (nSPS) is 14.6. The van der Waals surface area contributed by atoms with Crippen molar-refractivity contribution in [3.63, 3.8) is 0 Å². The molecular weight excluding hydrogens is 387 g/mol. The summed E-state index contributed by atoms with van der Waals surface area (Å²) in [5.74, 6) is -0.803. The van der Waals surface area contributed by atoms with Gasteiger partial charge in [0.25, 0.3) is 5.91 Å². The van der Waals surface area contributed by atoms with Gasteiger partial charge in [0.05, 0.1) is 12.2 Å². The topological polar surface area (TPSA) is 59.0 Å². The fourth-order valence-electron chi connectivity index (χ4n) is 2.77. The number of anilines is 1. The van der Waals surface area contributed by atoms with Gasteiger partial charge < -0.3 is 9.74 Å². The maximum absolute atomic E-state index is 12.9. The lowest BCUT2D eigenvalue weighted by Crippen LogP contribution is -2.29. The Kier molecular flexibility index (Phi) is 6.14. The van der Waals surface area contributed by atoms with Crippen LogP contribution >= 0.6 is 23.2 Å². The molecule has 0 radical (unpaired) electrons. The van der Waals surface area contributed by atoms with Crippen LogP contribution in [0.15, 0.2) is 47.6 Å². The van der Waals surface area contributed by atoms with Gasteiger partial charge in [-0.25, -0.2) is 4.79 Å². The molecule has 1 aliphatic rings. The van der Waals surface area contributed by atoms with Gasteiger partial charge in [-0.3, -0.25) is 4.79 Å². The first-order valence-electron chi connectivity index (χ1n) is 8.63. The second-order valence-electron chi connectivity index (χ2n) is 6.19. The van der Waals surface area contributed by atoms with Crippen molar-refractivity contribution in [3.05, 3.63) is 63.6 Å². The van der Waals surface area contributed by atoms with Crippen LogP contribution in [-0.4, -0.2) is 17.6 Å². The third kappa shape index (κ3) is 4.49. The highest BCUT2D eigenvalue weighted by atomic mass is 35.5. The van der Waals surface area contributed by atoms with Gasteiger partial charge in [0.2, 0.25) is 0 Å². The zero-order chi connectivity index (χ0) is 19.4. The fraction of sp³-hybridized carbons (Fsp3) is 0.250. The quantitative estimate of drug-likeness (QED) is 0.503. The Balaban J connectivity index is 1.88. The van der Waals surface area contributed by atoms with Gasteiger partial charge in [-0.2, -0.15) is 0 Å². The van der Waals surface area contributed by atoms with Crippen LogP contribution in [0, 0.1) is 0 Å². The zero-order valence-electron chi connectivity index (χ0n) is 14.7. The van der Waals surface area contributed by atoms with Crippen molar-refractivity contribution in [2.45, 2.75) is 32.7 Å². The maximum Gasteiger partial charge on any atom is 0.335 e. The van der Waals surface area contributed by atoms with Gasteiger partial charge in [0.1, 0.15) is 0 Å². The van der Waals surface area contributed by atoms with E-state index in [4.69, 9.17) is 28.0 Å². The average molecular weight is 405 g/mol. The Labute approximate surface area is 167 Å². The molecule has 1 amide bonds. The molecule has 0 bridgehead atoms. The van der Waals surface area contributed by atoms with Crippen LogP contribution in [0.4, 0.5) is 5.69 Å². The van der Waals surface area contributed by atoms with Crippen molar-refractivity contribution in [3.8, 4) is 0 Å². The van der Waals surface area contributed by atoms with Crippen LogP contribution < -0.4 is 4.90 Å². The minimum absolute atomic E-state index is 0.0753. The van der Waals surface area contributed by atoms with Gasteiger partial charge in [-0.15, -0.1) is 0 Å². The number of benzene rings is 2. The second kappa shape index (κ2) is 8.55. The second-order valence-corrected chi connectivity index (χ2v) is 7.06. The number of halogens is 2. The Bertz CT molecular complexity index is 895. The number of amides is 1. The molecule has 0 unspecified atom stereocenters. The molecule has 3 rings (SSSR count). The van der Waals surface area contributed by atoms with Crippen LogP contribution in [0.1, 0.15) is 37.3 Å². The molecule has 1 heterocycles. The predicted octanol–water partition coefficient (Wildman–Crippen LogP) is 4.98. The lowest BCUT2D eigenvalue weighted by Gasteiger charge is -2.17. The van der Waals surface area contributed by atoms with E-state index in [1.807, 2.05) is 19.1 Å². The molecule has 0 aliphatic carbocycles. The van der Waals surface area contributed by atoms with E-state index >= 15 is 0 Å². The maximum atomic E-state index is 12.9. The molecule has 140 valence electrons. The molecule has 2 aromatic rings. The number of rotatable bonds is 6. The average Bonchev–Trinajstić information content (AvgIpc) is 2.91. The summed E-state index contributed by atoms with van der Waals surface area (Å²) in [6.07, 6.45) is 1.85. The molecular formula is C20H18Cl2N2O3. The number of carbonyl (C=O) groups excluding carboxylic acids is 2. The minimum atomic E-state index is -0.461. The number of hydrogen-bond acceptors (Lipinski definition) is 4. The highest BCUT2D eigenvalue weighted by Crippen LogP contribution is 2.33.